The van der Waals surface area contributed by atoms with E-state index in [-0.39, 0.29) is 11.4 Å². The Bertz CT molecular complexity index is 549. The first-order valence-electron chi connectivity index (χ1n) is 4.90. The van der Waals surface area contributed by atoms with Crippen LogP contribution in [0, 0.1) is 0 Å². The number of hydrogen-bond acceptors (Lipinski definition) is 2. The van der Waals surface area contributed by atoms with Crippen LogP contribution in [0.3, 0.4) is 0 Å². The minimum absolute atomic E-state index is 0.0931. The zero-order chi connectivity index (χ0) is 11.5. The number of alkyl halides is 1. The lowest BCUT2D eigenvalue weighted by atomic mass is 10.1. The molecular weight excluding hydrogens is 224 g/mol. The van der Waals surface area contributed by atoms with Crippen LogP contribution in [0.5, 0.6) is 0 Å². The number of benzene rings is 1. The molecule has 82 valence electrons. The van der Waals surface area contributed by atoms with Crippen molar-refractivity contribution < 1.29 is 0 Å². The van der Waals surface area contributed by atoms with Crippen molar-refractivity contribution >= 4 is 11.6 Å². The van der Waals surface area contributed by atoms with Crippen LogP contribution >= 0.6 is 11.6 Å². The van der Waals surface area contributed by atoms with Gasteiger partial charge >= 0.3 is 0 Å². The molecule has 0 fully saturated rings. The Balaban J connectivity index is 2.60. The fourth-order valence-corrected chi connectivity index (χ4v) is 1.70. The first-order chi connectivity index (χ1) is 7.72. The Morgan fingerprint density at radius 2 is 2.00 bits per heavy atom. The summed E-state index contributed by atoms with van der Waals surface area (Å²) in [6, 6.07) is 11.1. The summed E-state index contributed by atoms with van der Waals surface area (Å²) in [7, 11) is 1.67. The van der Waals surface area contributed by atoms with E-state index in [1.807, 2.05) is 30.3 Å². The van der Waals surface area contributed by atoms with Crippen molar-refractivity contribution in [2.75, 3.05) is 0 Å². The summed E-state index contributed by atoms with van der Waals surface area (Å²) in [4.78, 5) is 16.0. The Morgan fingerprint density at radius 1 is 1.31 bits per heavy atom. The van der Waals surface area contributed by atoms with Crippen LogP contribution in [-0.4, -0.2) is 9.55 Å². The highest BCUT2D eigenvalue weighted by molar-refractivity contribution is 6.16. The van der Waals surface area contributed by atoms with Gasteiger partial charge in [-0.25, -0.2) is 4.98 Å². The van der Waals surface area contributed by atoms with Crippen molar-refractivity contribution in [1.82, 2.24) is 9.55 Å². The topological polar surface area (TPSA) is 34.9 Å². The van der Waals surface area contributed by atoms with E-state index in [1.165, 1.54) is 10.6 Å². The van der Waals surface area contributed by atoms with Crippen molar-refractivity contribution in [1.29, 1.82) is 0 Å². The highest BCUT2D eigenvalue weighted by atomic mass is 35.5. The second-order valence-corrected chi connectivity index (χ2v) is 3.72. The fourth-order valence-electron chi connectivity index (χ4n) is 1.46. The first kappa shape index (κ1) is 10.9. The summed E-state index contributed by atoms with van der Waals surface area (Å²) >= 11 is 5.74. The highest BCUT2D eigenvalue weighted by Gasteiger charge is 2.05. The van der Waals surface area contributed by atoms with Gasteiger partial charge in [0, 0.05) is 18.7 Å². The average molecular weight is 235 g/mol. The van der Waals surface area contributed by atoms with Crippen LogP contribution in [0.2, 0.25) is 0 Å². The minimum Gasteiger partial charge on any atom is -0.299 e. The molecule has 2 rings (SSSR count). The van der Waals surface area contributed by atoms with Crippen molar-refractivity contribution in [2.45, 2.75) is 5.88 Å². The summed E-state index contributed by atoms with van der Waals surface area (Å²) in [5.74, 6) is 0.805. The van der Waals surface area contributed by atoms with Gasteiger partial charge in [-0.05, 0) is 0 Å². The highest BCUT2D eigenvalue weighted by Crippen LogP contribution is 2.15. The summed E-state index contributed by atoms with van der Waals surface area (Å²) < 4.78 is 1.46. The standard InChI is InChI=1S/C12H11ClN2O/c1-15-11(8-13)14-10(7-12(15)16)9-5-3-2-4-6-9/h2-7H,8H2,1H3. The van der Waals surface area contributed by atoms with Crippen molar-refractivity contribution in [3.63, 3.8) is 0 Å². The third-order valence-electron chi connectivity index (χ3n) is 2.42. The number of hydrogen-bond donors (Lipinski definition) is 0. The van der Waals surface area contributed by atoms with Crippen LogP contribution in [0.1, 0.15) is 5.82 Å². The molecule has 1 aromatic heterocycles. The molecule has 0 aliphatic rings. The van der Waals surface area contributed by atoms with E-state index < -0.39 is 0 Å². The lowest BCUT2D eigenvalue weighted by Crippen LogP contribution is -2.20. The summed E-state index contributed by atoms with van der Waals surface area (Å²) in [5, 5.41) is 0. The predicted molar refractivity (Wildman–Crippen MR) is 64.5 cm³/mol. The molecule has 0 amide bonds. The molecule has 0 aliphatic heterocycles. The molecule has 3 nitrogen and oxygen atoms in total. The maximum Gasteiger partial charge on any atom is 0.253 e. The number of nitrogens with zero attached hydrogens (tertiary/aromatic N) is 2. The van der Waals surface area contributed by atoms with Gasteiger partial charge in [0.15, 0.2) is 0 Å². The Morgan fingerprint density at radius 3 is 2.62 bits per heavy atom. The van der Waals surface area contributed by atoms with Crippen LogP contribution < -0.4 is 5.56 Å². The second kappa shape index (κ2) is 4.49. The van der Waals surface area contributed by atoms with Gasteiger partial charge in [0.05, 0.1) is 11.6 Å². The van der Waals surface area contributed by atoms with E-state index in [4.69, 9.17) is 11.6 Å². The SMILES string of the molecule is Cn1c(CCl)nc(-c2ccccc2)cc1=O. The summed E-state index contributed by atoms with van der Waals surface area (Å²) in [6.45, 7) is 0. The molecule has 0 spiro atoms. The molecule has 0 radical (unpaired) electrons. The number of aromatic nitrogens is 2. The zero-order valence-corrected chi connectivity index (χ0v) is 9.61. The second-order valence-electron chi connectivity index (χ2n) is 3.45. The molecule has 0 bridgehead atoms. The molecule has 0 atom stereocenters. The van der Waals surface area contributed by atoms with Crippen molar-refractivity contribution in [3.8, 4) is 11.3 Å². The minimum atomic E-state index is -0.0931. The van der Waals surface area contributed by atoms with Crippen molar-refractivity contribution in [3.05, 3.63) is 52.6 Å². The zero-order valence-electron chi connectivity index (χ0n) is 8.85. The Hall–Kier alpha value is -1.61. The van der Waals surface area contributed by atoms with E-state index in [9.17, 15) is 4.79 Å². The molecule has 0 aliphatic carbocycles. The molecule has 1 heterocycles. The first-order valence-corrected chi connectivity index (χ1v) is 5.44. The van der Waals surface area contributed by atoms with Crippen LogP contribution in [0.25, 0.3) is 11.3 Å². The smallest absolute Gasteiger partial charge is 0.253 e. The third kappa shape index (κ3) is 1.99. The quantitative estimate of drug-likeness (QED) is 0.747. The summed E-state index contributed by atoms with van der Waals surface area (Å²) in [5.41, 5.74) is 1.50. The maximum absolute atomic E-state index is 11.7. The van der Waals surface area contributed by atoms with E-state index in [2.05, 4.69) is 4.98 Å². The average Bonchev–Trinajstić information content (AvgIpc) is 2.33. The van der Waals surface area contributed by atoms with Gasteiger partial charge in [-0.15, -0.1) is 11.6 Å². The van der Waals surface area contributed by atoms with Gasteiger partial charge in [0.1, 0.15) is 5.82 Å². The van der Waals surface area contributed by atoms with Gasteiger partial charge < -0.3 is 0 Å². The van der Waals surface area contributed by atoms with E-state index in [0.717, 1.165) is 5.56 Å². The lowest BCUT2D eigenvalue weighted by molar-refractivity contribution is 0.768. The van der Waals surface area contributed by atoms with Crippen LogP contribution in [0.15, 0.2) is 41.2 Å². The lowest BCUT2D eigenvalue weighted by Gasteiger charge is -2.06. The molecule has 0 saturated carbocycles. The van der Waals surface area contributed by atoms with E-state index in [1.54, 1.807) is 7.05 Å². The molecule has 0 unspecified atom stereocenters. The van der Waals surface area contributed by atoms with Crippen LogP contribution in [-0.2, 0) is 12.9 Å². The maximum atomic E-state index is 11.7. The largest absolute Gasteiger partial charge is 0.299 e. The van der Waals surface area contributed by atoms with Crippen molar-refractivity contribution in [2.24, 2.45) is 7.05 Å². The predicted octanol–water partition coefficient (Wildman–Crippen LogP) is 2.19. The molecule has 4 heteroatoms. The molecule has 1 aromatic carbocycles. The Labute approximate surface area is 98.3 Å². The molecule has 0 saturated heterocycles. The van der Waals surface area contributed by atoms with Crippen LogP contribution in [0.4, 0.5) is 0 Å². The molecular formula is C12H11ClN2O. The van der Waals surface area contributed by atoms with Gasteiger partial charge in [0.25, 0.3) is 5.56 Å². The normalized spacial score (nSPS) is 10.4. The van der Waals surface area contributed by atoms with Gasteiger partial charge in [-0.2, -0.15) is 0 Å². The fraction of sp³-hybridized carbons (Fsp3) is 0.167. The van der Waals surface area contributed by atoms with Gasteiger partial charge in [-0.3, -0.25) is 9.36 Å². The third-order valence-corrected chi connectivity index (χ3v) is 2.66. The monoisotopic (exact) mass is 234 g/mol. The van der Waals surface area contributed by atoms with E-state index in [0.29, 0.717) is 11.5 Å². The summed E-state index contributed by atoms with van der Waals surface area (Å²) in [6.07, 6.45) is 0. The Kier molecular flexibility index (Phi) is 3.06. The van der Waals surface area contributed by atoms with E-state index >= 15 is 0 Å². The van der Waals surface area contributed by atoms with Gasteiger partial charge in [-0.1, -0.05) is 30.3 Å². The molecule has 0 N–H and O–H groups in total. The number of halogens is 1. The number of rotatable bonds is 2. The molecule has 2 aromatic rings. The molecule has 16 heavy (non-hydrogen) atoms. The van der Waals surface area contributed by atoms with Gasteiger partial charge in [0.2, 0.25) is 0 Å².